The van der Waals surface area contributed by atoms with E-state index >= 15 is 0 Å². The lowest BCUT2D eigenvalue weighted by atomic mass is 10.4. The van der Waals surface area contributed by atoms with Gasteiger partial charge in [-0.15, -0.1) is 0 Å². The number of hydrogen-bond acceptors (Lipinski definition) is 4. The molecular formula is C3H5N2O3. The van der Waals surface area contributed by atoms with E-state index in [9.17, 15) is 10.1 Å². The van der Waals surface area contributed by atoms with E-state index in [4.69, 9.17) is 0 Å². The molecule has 0 aliphatic carbocycles. The normalized spacial score (nSPS) is 28.2. The molecule has 0 amide bonds. The summed E-state index contributed by atoms with van der Waals surface area (Å²) in [5, 5.41) is 9.86. The van der Waals surface area contributed by atoms with Gasteiger partial charge in [0.15, 0.2) is 0 Å². The fourth-order valence-electron chi connectivity index (χ4n) is 0.430. The fourth-order valence-corrected chi connectivity index (χ4v) is 0.430. The SMILES string of the molecule is O=[N+]([O-])C1[CH]NOC1. The molecular weight excluding hydrogens is 112 g/mol. The summed E-state index contributed by atoms with van der Waals surface area (Å²) >= 11 is 0. The molecule has 0 spiro atoms. The minimum atomic E-state index is -0.671. The Bertz CT molecular complexity index is 98.7. The van der Waals surface area contributed by atoms with Gasteiger partial charge in [-0.25, -0.2) is 0 Å². The van der Waals surface area contributed by atoms with E-state index in [1.54, 1.807) is 0 Å². The van der Waals surface area contributed by atoms with Gasteiger partial charge >= 0.3 is 0 Å². The molecule has 8 heavy (non-hydrogen) atoms. The molecule has 1 N–H and O–H groups in total. The Hall–Kier alpha value is -0.680. The van der Waals surface area contributed by atoms with Gasteiger partial charge in [0, 0.05) is 4.92 Å². The van der Waals surface area contributed by atoms with E-state index < -0.39 is 11.0 Å². The molecule has 0 aromatic rings. The van der Waals surface area contributed by atoms with Gasteiger partial charge in [0.05, 0.1) is 0 Å². The lowest BCUT2D eigenvalue weighted by Crippen LogP contribution is -2.19. The first-order chi connectivity index (χ1) is 3.80. The van der Waals surface area contributed by atoms with Crippen molar-refractivity contribution in [3.05, 3.63) is 16.7 Å². The monoisotopic (exact) mass is 117 g/mol. The molecule has 5 heteroatoms. The number of hydroxylamine groups is 1. The number of nitrogens with zero attached hydrogens (tertiary/aromatic N) is 1. The highest BCUT2D eigenvalue weighted by molar-refractivity contribution is 4.73. The third kappa shape index (κ3) is 0.932. The Balaban J connectivity index is 2.35. The minimum Gasteiger partial charge on any atom is -0.294 e. The zero-order valence-corrected chi connectivity index (χ0v) is 4.03. The summed E-state index contributed by atoms with van der Waals surface area (Å²) < 4.78 is 0. The molecule has 0 aromatic carbocycles. The van der Waals surface area contributed by atoms with Gasteiger partial charge in [0.25, 0.3) is 6.04 Å². The molecule has 1 heterocycles. The van der Waals surface area contributed by atoms with Crippen molar-refractivity contribution in [2.75, 3.05) is 6.61 Å². The van der Waals surface area contributed by atoms with Gasteiger partial charge in [0.1, 0.15) is 13.2 Å². The largest absolute Gasteiger partial charge is 0.294 e. The summed E-state index contributed by atoms with van der Waals surface area (Å²) in [6.45, 7) is 1.44. The Kier molecular flexibility index (Phi) is 1.40. The summed E-state index contributed by atoms with van der Waals surface area (Å²) in [5.74, 6) is 0. The Morgan fingerprint density at radius 2 is 2.75 bits per heavy atom. The van der Waals surface area contributed by atoms with Gasteiger partial charge in [-0.05, 0) is 0 Å². The molecule has 1 radical (unpaired) electrons. The second-order valence-corrected chi connectivity index (χ2v) is 1.45. The molecule has 0 bridgehead atoms. The third-order valence-corrected chi connectivity index (χ3v) is 0.869. The summed E-state index contributed by atoms with van der Waals surface area (Å²) in [4.78, 5) is 13.9. The van der Waals surface area contributed by atoms with Crippen LogP contribution in [0.1, 0.15) is 0 Å². The first-order valence-electron chi connectivity index (χ1n) is 2.15. The van der Waals surface area contributed by atoms with Gasteiger partial charge < -0.3 is 0 Å². The van der Waals surface area contributed by atoms with E-state index in [1.165, 1.54) is 6.54 Å². The van der Waals surface area contributed by atoms with Crippen LogP contribution in [0.3, 0.4) is 0 Å². The van der Waals surface area contributed by atoms with E-state index in [-0.39, 0.29) is 6.61 Å². The standard InChI is InChI=1S/C3H5N2O3/c6-5(7)3-1-4-8-2-3/h1,3-4H,2H2. The van der Waals surface area contributed by atoms with Gasteiger partial charge in [-0.2, -0.15) is 5.48 Å². The number of hydrogen-bond donors (Lipinski definition) is 1. The van der Waals surface area contributed by atoms with Crippen LogP contribution in [0.5, 0.6) is 0 Å². The maximum atomic E-state index is 9.86. The second-order valence-electron chi connectivity index (χ2n) is 1.45. The van der Waals surface area contributed by atoms with Crippen LogP contribution >= 0.6 is 0 Å². The van der Waals surface area contributed by atoms with E-state index in [0.717, 1.165) is 0 Å². The van der Waals surface area contributed by atoms with Crippen LogP contribution in [0.15, 0.2) is 0 Å². The van der Waals surface area contributed by atoms with Crippen LogP contribution in [-0.4, -0.2) is 17.6 Å². The van der Waals surface area contributed by atoms with Crippen molar-refractivity contribution in [3.8, 4) is 0 Å². The molecule has 1 aliphatic heterocycles. The minimum absolute atomic E-state index is 0.132. The molecule has 1 unspecified atom stereocenters. The second kappa shape index (κ2) is 2.06. The lowest BCUT2D eigenvalue weighted by Gasteiger charge is -1.91. The van der Waals surface area contributed by atoms with Gasteiger partial charge in [-0.3, -0.25) is 15.0 Å². The van der Waals surface area contributed by atoms with Crippen molar-refractivity contribution >= 4 is 0 Å². The molecule has 0 aromatic heterocycles. The summed E-state index contributed by atoms with van der Waals surface area (Å²) in [7, 11) is 0. The van der Waals surface area contributed by atoms with Crippen molar-refractivity contribution in [1.29, 1.82) is 0 Å². The highest BCUT2D eigenvalue weighted by Gasteiger charge is 2.25. The quantitative estimate of drug-likeness (QED) is 0.365. The summed E-state index contributed by atoms with van der Waals surface area (Å²) in [5.41, 5.74) is 2.29. The topological polar surface area (TPSA) is 64.4 Å². The van der Waals surface area contributed by atoms with Crippen LogP contribution < -0.4 is 5.48 Å². The van der Waals surface area contributed by atoms with Crippen LogP contribution in [0, 0.1) is 16.7 Å². The molecule has 5 nitrogen and oxygen atoms in total. The van der Waals surface area contributed by atoms with Crippen molar-refractivity contribution in [2.45, 2.75) is 6.04 Å². The molecule has 1 rings (SSSR count). The predicted octanol–water partition coefficient (Wildman–Crippen LogP) is -0.672. The average Bonchev–Trinajstić information content (AvgIpc) is 2.12. The van der Waals surface area contributed by atoms with Gasteiger partial charge in [-0.1, -0.05) is 0 Å². The van der Waals surface area contributed by atoms with Crippen molar-refractivity contribution in [3.63, 3.8) is 0 Å². The van der Waals surface area contributed by atoms with Crippen LogP contribution in [0.2, 0.25) is 0 Å². The third-order valence-electron chi connectivity index (χ3n) is 0.869. The fraction of sp³-hybridized carbons (Fsp3) is 0.667. The van der Waals surface area contributed by atoms with Gasteiger partial charge in [0.2, 0.25) is 0 Å². The molecule has 45 valence electrons. The number of nitro groups is 1. The smallest absolute Gasteiger partial charge is 0.257 e. The van der Waals surface area contributed by atoms with Crippen LogP contribution in [0.4, 0.5) is 0 Å². The maximum Gasteiger partial charge on any atom is 0.257 e. The molecule has 1 fully saturated rings. The first-order valence-corrected chi connectivity index (χ1v) is 2.15. The maximum absolute atomic E-state index is 9.86. The molecule has 0 saturated carbocycles. The van der Waals surface area contributed by atoms with E-state index in [2.05, 4.69) is 10.3 Å². The van der Waals surface area contributed by atoms with E-state index in [1.807, 2.05) is 0 Å². The number of nitrogens with one attached hydrogen (secondary N) is 1. The average molecular weight is 117 g/mol. The summed E-state index contributed by atoms with van der Waals surface area (Å²) in [6, 6.07) is -0.671. The first kappa shape index (κ1) is 5.46. The highest BCUT2D eigenvalue weighted by Crippen LogP contribution is 1.99. The molecule has 1 aliphatic rings. The Morgan fingerprint density at radius 3 is 3.00 bits per heavy atom. The molecule has 1 saturated heterocycles. The summed E-state index contributed by atoms with van der Waals surface area (Å²) in [6.07, 6.45) is 0. The lowest BCUT2D eigenvalue weighted by molar-refractivity contribution is -0.511. The zero-order valence-electron chi connectivity index (χ0n) is 4.03. The van der Waals surface area contributed by atoms with Crippen molar-refractivity contribution < 1.29 is 9.76 Å². The van der Waals surface area contributed by atoms with Crippen LogP contribution in [-0.2, 0) is 4.84 Å². The van der Waals surface area contributed by atoms with E-state index in [0.29, 0.717) is 0 Å². The number of rotatable bonds is 1. The highest BCUT2D eigenvalue weighted by atomic mass is 16.7. The Labute approximate surface area is 45.7 Å². The van der Waals surface area contributed by atoms with Crippen LogP contribution in [0.25, 0.3) is 0 Å². The predicted molar refractivity (Wildman–Crippen MR) is 24.2 cm³/mol. The molecule has 1 atom stereocenters. The zero-order chi connectivity index (χ0) is 5.98. The Morgan fingerprint density at radius 1 is 2.00 bits per heavy atom. The van der Waals surface area contributed by atoms with Crippen molar-refractivity contribution in [1.82, 2.24) is 5.48 Å². The van der Waals surface area contributed by atoms with Crippen molar-refractivity contribution in [2.24, 2.45) is 0 Å².